The van der Waals surface area contributed by atoms with Gasteiger partial charge in [-0.3, -0.25) is 33.1 Å². The highest BCUT2D eigenvalue weighted by molar-refractivity contribution is 5.98. The average molecular weight is 551 g/mol. The Bertz CT molecular complexity index is 1070. The zero-order valence-electron chi connectivity index (χ0n) is 24.3. The fourth-order valence-corrected chi connectivity index (χ4v) is 4.61. The van der Waals surface area contributed by atoms with E-state index in [1.807, 2.05) is 0 Å². The number of nitrogens with zero attached hydrogens (tertiary/aromatic N) is 2. The van der Waals surface area contributed by atoms with E-state index in [0.29, 0.717) is 50.9 Å². The molecule has 0 aliphatic heterocycles. The first-order valence-electron chi connectivity index (χ1n) is 14.2. The minimum Gasteiger partial charge on any atom is -0.465 e. The Kier molecular flexibility index (Phi) is 15.9. The van der Waals surface area contributed by atoms with Crippen LogP contribution in [0.25, 0.3) is 0 Å². The lowest BCUT2D eigenvalue weighted by molar-refractivity contribution is -0.153. The number of Topliss-reactive ketones (excluding diaryl/α,β-unsaturated/α-hetero) is 2. The summed E-state index contributed by atoms with van der Waals surface area (Å²) in [6.07, 6.45) is 6.84. The smallest absolute Gasteiger partial charge is 0.331 e. The molecular weight excluding hydrogens is 504 g/mol. The second-order valence-corrected chi connectivity index (χ2v) is 9.95. The molecule has 10 heteroatoms. The molecule has 2 unspecified atom stereocenters. The third kappa shape index (κ3) is 11.7. The van der Waals surface area contributed by atoms with Crippen LogP contribution in [-0.2, 0) is 41.7 Å². The highest BCUT2D eigenvalue weighted by Crippen LogP contribution is 2.15. The normalized spacial score (nSPS) is 12.5. The number of aryl methyl sites for hydroxylation is 1. The standard InChI is InChI=1S/C29H46N2O8/c1-6-38-27(35)24(22(4)32)16-12-8-10-14-18-30-21(3)20-26(34)31(29(30)37)19-15-11-9-13-17-25(23(5)33)28(36)39-7-2/h20,24-25H,6-19H2,1-5H3. The van der Waals surface area contributed by atoms with Crippen molar-refractivity contribution in [3.63, 3.8) is 0 Å². The van der Waals surface area contributed by atoms with Crippen LogP contribution in [0.4, 0.5) is 0 Å². The zero-order valence-corrected chi connectivity index (χ0v) is 24.3. The van der Waals surface area contributed by atoms with Crippen LogP contribution in [-0.4, -0.2) is 45.9 Å². The van der Waals surface area contributed by atoms with Crippen LogP contribution in [0.3, 0.4) is 0 Å². The quantitative estimate of drug-likeness (QED) is 0.136. The number of carbonyl (C=O) groups is 4. The van der Waals surface area contributed by atoms with E-state index in [4.69, 9.17) is 9.47 Å². The van der Waals surface area contributed by atoms with Gasteiger partial charge in [0.1, 0.15) is 23.4 Å². The molecule has 0 amide bonds. The summed E-state index contributed by atoms with van der Waals surface area (Å²) >= 11 is 0. The molecule has 0 radical (unpaired) electrons. The van der Waals surface area contributed by atoms with Gasteiger partial charge in [0.05, 0.1) is 13.2 Å². The van der Waals surface area contributed by atoms with E-state index in [-0.39, 0.29) is 36.0 Å². The first kappa shape index (κ1) is 34.0. The maximum atomic E-state index is 13.0. The Morgan fingerprint density at radius 2 is 1.10 bits per heavy atom. The lowest BCUT2D eigenvalue weighted by Crippen LogP contribution is -2.40. The van der Waals surface area contributed by atoms with E-state index >= 15 is 0 Å². The predicted molar refractivity (Wildman–Crippen MR) is 147 cm³/mol. The highest BCUT2D eigenvalue weighted by Gasteiger charge is 2.24. The molecule has 0 spiro atoms. The molecular formula is C29H46N2O8. The predicted octanol–water partition coefficient (Wildman–Crippen LogP) is 3.76. The van der Waals surface area contributed by atoms with Gasteiger partial charge in [-0.15, -0.1) is 0 Å². The summed E-state index contributed by atoms with van der Waals surface area (Å²) in [5, 5.41) is 0. The Morgan fingerprint density at radius 3 is 1.51 bits per heavy atom. The number of rotatable bonds is 20. The molecule has 0 aliphatic carbocycles. The summed E-state index contributed by atoms with van der Waals surface area (Å²) in [5.74, 6) is -2.77. The maximum absolute atomic E-state index is 13.0. The van der Waals surface area contributed by atoms with Gasteiger partial charge < -0.3 is 9.47 Å². The van der Waals surface area contributed by atoms with Crippen LogP contribution >= 0.6 is 0 Å². The minimum atomic E-state index is -0.731. The van der Waals surface area contributed by atoms with Crippen molar-refractivity contribution in [1.29, 1.82) is 0 Å². The Balaban J connectivity index is 2.53. The van der Waals surface area contributed by atoms with E-state index in [0.717, 1.165) is 32.1 Å². The molecule has 220 valence electrons. The Labute approximate surface area is 231 Å². The number of hydrogen-bond acceptors (Lipinski definition) is 8. The molecule has 0 aromatic carbocycles. The molecule has 0 saturated carbocycles. The van der Waals surface area contributed by atoms with Gasteiger partial charge in [-0.25, -0.2) is 4.79 Å². The third-order valence-electron chi connectivity index (χ3n) is 6.86. The first-order valence-corrected chi connectivity index (χ1v) is 14.2. The van der Waals surface area contributed by atoms with Gasteiger partial charge in [0, 0.05) is 24.8 Å². The monoisotopic (exact) mass is 550 g/mol. The average Bonchev–Trinajstić information content (AvgIpc) is 2.85. The summed E-state index contributed by atoms with van der Waals surface area (Å²) in [5.41, 5.74) is -0.0192. The van der Waals surface area contributed by atoms with Crippen molar-refractivity contribution in [3.05, 3.63) is 32.6 Å². The van der Waals surface area contributed by atoms with Crippen molar-refractivity contribution in [3.8, 4) is 0 Å². The summed E-state index contributed by atoms with van der Waals surface area (Å²) in [6.45, 7) is 9.25. The van der Waals surface area contributed by atoms with Gasteiger partial charge in [-0.1, -0.05) is 38.5 Å². The van der Waals surface area contributed by atoms with Gasteiger partial charge in [-0.2, -0.15) is 0 Å². The number of unbranched alkanes of at least 4 members (excludes halogenated alkanes) is 6. The van der Waals surface area contributed by atoms with Crippen molar-refractivity contribution in [1.82, 2.24) is 9.13 Å². The summed E-state index contributed by atoms with van der Waals surface area (Å²) < 4.78 is 12.8. The minimum absolute atomic E-state index is 0.185. The molecule has 0 saturated heterocycles. The fourth-order valence-electron chi connectivity index (χ4n) is 4.61. The molecule has 1 rings (SSSR count). The van der Waals surface area contributed by atoms with Gasteiger partial charge in [0.2, 0.25) is 0 Å². The molecule has 0 bridgehead atoms. The molecule has 39 heavy (non-hydrogen) atoms. The molecule has 1 aromatic rings. The molecule has 10 nitrogen and oxygen atoms in total. The Morgan fingerprint density at radius 1 is 0.692 bits per heavy atom. The van der Waals surface area contributed by atoms with Crippen molar-refractivity contribution in [2.24, 2.45) is 11.8 Å². The van der Waals surface area contributed by atoms with Crippen LogP contribution in [0, 0.1) is 18.8 Å². The maximum Gasteiger partial charge on any atom is 0.331 e. The lowest BCUT2D eigenvalue weighted by Gasteiger charge is -2.14. The van der Waals surface area contributed by atoms with Crippen molar-refractivity contribution in [2.45, 2.75) is 112 Å². The molecule has 0 N–H and O–H groups in total. The highest BCUT2D eigenvalue weighted by atomic mass is 16.5. The van der Waals surface area contributed by atoms with E-state index in [1.54, 1.807) is 25.3 Å². The third-order valence-corrected chi connectivity index (χ3v) is 6.86. The van der Waals surface area contributed by atoms with Gasteiger partial charge in [-0.05, 0) is 60.3 Å². The van der Waals surface area contributed by atoms with Gasteiger partial charge in [0.25, 0.3) is 5.56 Å². The van der Waals surface area contributed by atoms with Crippen LogP contribution in [0.1, 0.15) is 97.6 Å². The second-order valence-electron chi connectivity index (χ2n) is 9.95. The van der Waals surface area contributed by atoms with E-state index in [2.05, 4.69) is 0 Å². The number of esters is 2. The van der Waals surface area contributed by atoms with E-state index < -0.39 is 23.8 Å². The molecule has 0 fully saturated rings. The van der Waals surface area contributed by atoms with Gasteiger partial charge >= 0.3 is 17.6 Å². The zero-order chi connectivity index (χ0) is 29.4. The van der Waals surface area contributed by atoms with Gasteiger partial charge in [0.15, 0.2) is 0 Å². The fraction of sp³-hybridized carbons (Fsp3) is 0.724. The number of carbonyl (C=O) groups excluding carboxylic acids is 4. The second kappa shape index (κ2) is 18.3. The van der Waals surface area contributed by atoms with Crippen LogP contribution in [0.2, 0.25) is 0 Å². The Hall–Kier alpha value is -3.04. The number of ketones is 2. The number of hydrogen-bond donors (Lipinski definition) is 0. The molecule has 2 atom stereocenters. The molecule has 1 heterocycles. The SMILES string of the molecule is CCOC(=O)C(CCCCCCn1c(C)cc(=O)n(CCCCCCC(C(C)=O)C(=O)OCC)c1=O)C(C)=O. The summed E-state index contributed by atoms with van der Waals surface area (Å²) in [4.78, 5) is 72.7. The van der Waals surface area contributed by atoms with Crippen LogP contribution < -0.4 is 11.2 Å². The number of aromatic nitrogens is 2. The van der Waals surface area contributed by atoms with Crippen molar-refractivity contribution >= 4 is 23.5 Å². The summed E-state index contributed by atoms with van der Waals surface area (Å²) in [7, 11) is 0. The van der Waals surface area contributed by atoms with E-state index in [9.17, 15) is 28.8 Å². The van der Waals surface area contributed by atoms with Crippen LogP contribution in [0.5, 0.6) is 0 Å². The number of ether oxygens (including phenoxy) is 2. The van der Waals surface area contributed by atoms with Crippen molar-refractivity contribution < 1.29 is 28.7 Å². The topological polar surface area (TPSA) is 131 Å². The molecule has 0 aliphatic rings. The molecule has 1 aromatic heterocycles. The van der Waals surface area contributed by atoms with Crippen molar-refractivity contribution in [2.75, 3.05) is 13.2 Å². The van der Waals surface area contributed by atoms with Crippen LogP contribution in [0.15, 0.2) is 15.7 Å². The summed E-state index contributed by atoms with van der Waals surface area (Å²) in [6, 6.07) is 1.48. The largest absolute Gasteiger partial charge is 0.465 e. The first-order chi connectivity index (χ1) is 18.5. The van der Waals surface area contributed by atoms with E-state index in [1.165, 1.54) is 24.5 Å². The lowest BCUT2D eigenvalue weighted by atomic mass is 9.97.